The molecule has 0 spiro atoms. The van der Waals surface area contributed by atoms with E-state index in [1.807, 2.05) is 13.0 Å². The van der Waals surface area contributed by atoms with Crippen molar-refractivity contribution in [3.05, 3.63) is 33.9 Å². The molecule has 0 amide bonds. The van der Waals surface area contributed by atoms with Crippen molar-refractivity contribution in [1.82, 2.24) is 8.75 Å². The van der Waals surface area contributed by atoms with Crippen LogP contribution in [0, 0.1) is 6.92 Å². The van der Waals surface area contributed by atoms with E-state index in [4.69, 9.17) is 27.9 Å². The van der Waals surface area contributed by atoms with E-state index in [1.165, 1.54) is 0 Å². The Labute approximate surface area is 101 Å². The molecule has 0 saturated heterocycles. The van der Waals surface area contributed by atoms with E-state index >= 15 is 0 Å². The van der Waals surface area contributed by atoms with Crippen LogP contribution >= 0.6 is 34.9 Å². The normalized spacial score (nSPS) is 10.3. The van der Waals surface area contributed by atoms with Crippen LogP contribution in [0.3, 0.4) is 0 Å². The van der Waals surface area contributed by atoms with Gasteiger partial charge in [-0.05, 0) is 30.7 Å². The lowest BCUT2D eigenvalue weighted by atomic mass is 10.2. The van der Waals surface area contributed by atoms with Gasteiger partial charge in [-0.1, -0.05) is 23.2 Å². The van der Waals surface area contributed by atoms with Gasteiger partial charge in [-0.15, -0.1) is 4.37 Å². The molecule has 0 fully saturated rings. The smallest absolute Gasteiger partial charge is 0.270 e. The van der Waals surface area contributed by atoms with Crippen LogP contribution in [-0.2, 0) is 0 Å². The van der Waals surface area contributed by atoms with Crippen LogP contribution < -0.4 is 4.74 Å². The second-order valence-electron chi connectivity index (χ2n) is 2.87. The van der Waals surface area contributed by atoms with Gasteiger partial charge in [-0.3, -0.25) is 0 Å². The minimum Gasteiger partial charge on any atom is -0.435 e. The zero-order chi connectivity index (χ0) is 10.8. The Morgan fingerprint density at radius 2 is 2.07 bits per heavy atom. The van der Waals surface area contributed by atoms with Gasteiger partial charge in [0.1, 0.15) is 5.75 Å². The molecule has 6 heteroatoms. The van der Waals surface area contributed by atoms with Crippen molar-refractivity contribution in [3.8, 4) is 11.6 Å². The van der Waals surface area contributed by atoms with Crippen molar-refractivity contribution in [2.75, 3.05) is 0 Å². The average molecular weight is 261 g/mol. The third-order valence-corrected chi connectivity index (χ3v) is 2.86. The zero-order valence-electron chi connectivity index (χ0n) is 7.70. The molecule has 15 heavy (non-hydrogen) atoms. The molecule has 0 aliphatic rings. The Morgan fingerprint density at radius 1 is 1.27 bits per heavy atom. The summed E-state index contributed by atoms with van der Waals surface area (Å²) in [6.07, 6.45) is 0. The van der Waals surface area contributed by atoms with Gasteiger partial charge in [0.15, 0.2) is 0 Å². The number of halogens is 2. The molecule has 0 radical (unpaired) electrons. The number of hydrogen-bond donors (Lipinski definition) is 0. The maximum absolute atomic E-state index is 5.82. The summed E-state index contributed by atoms with van der Waals surface area (Å²) in [6, 6.07) is 5.33. The quantitative estimate of drug-likeness (QED) is 0.821. The number of rotatable bonds is 2. The van der Waals surface area contributed by atoms with Gasteiger partial charge in [-0.2, -0.15) is 4.37 Å². The Bertz CT molecular complexity index is 487. The first kappa shape index (κ1) is 10.7. The Balaban J connectivity index is 2.29. The monoisotopic (exact) mass is 260 g/mol. The molecule has 78 valence electrons. The van der Waals surface area contributed by atoms with Gasteiger partial charge in [-0.25, -0.2) is 0 Å². The Kier molecular flexibility index (Phi) is 3.09. The van der Waals surface area contributed by atoms with Gasteiger partial charge < -0.3 is 4.74 Å². The third-order valence-electron chi connectivity index (χ3n) is 1.76. The minimum atomic E-state index is 0.273. The van der Waals surface area contributed by atoms with Crippen molar-refractivity contribution < 1.29 is 4.74 Å². The topological polar surface area (TPSA) is 35.0 Å². The van der Waals surface area contributed by atoms with E-state index in [9.17, 15) is 0 Å². The Morgan fingerprint density at radius 3 is 2.67 bits per heavy atom. The first-order chi connectivity index (χ1) is 7.16. The number of ether oxygens (including phenoxy) is 1. The lowest BCUT2D eigenvalue weighted by Gasteiger charge is -2.05. The highest BCUT2D eigenvalue weighted by Gasteiger charge is 2.09. The van der Waals surface area contributed by atoms with E-state index in [-0.39, 0.29) is 5.15 Å². The molecule has 1 aromatic carbocycles. The number of aryl methyl sites for hydroxylation is 1. The molecule has 1 aromatic heterocycles. The van der Waals surface area contributed by atoms with Crippen molar-refractivity contribution in [2.24, 2.45) is 0 Å². The number of nitrogens with zero attached hydrogens (tertiary/aromatic N) is 2. The standard InChI is InChI=1S/C9H6Cl2N2OS/c1-5-4-6(10)2-3-7(5)14-9-8(11)12-15-13-9/h2-4H,1H3. The summed E-state index contributed by atoms with van der Waals surface area (Å²) >= 11 is 12.6. The molecular weight excluding hydrogens is 255 g/mol. The highest BCUT2D eigenvalue weighted by molar-refractivity contribution is 6.99. The highest BCUT2D eigenvalue weighted by atomic mass is 35.5. The predicted molar refractivity (Wildman–Crippen MR) is 61.2 cm³/mol. The fourth-order valence-corrected chi connectivity index (χ4v) is 1.90. The molecule has 0 atom stereocenters. The molecule has 3 nitrogen and oxygen atoms in total. The van der Waals surface area contributed by atoms with E-state index in [0.29, 0.717) is 16.7 Å². The maximum Gasteiger partial charge on any atom is 0.270 e. The highest BCUT2D eigenvalue weighted by Crippen LogP contribution is 2.30. The second kappa shape index (κ2) is 4.35. The number of aromatic nitrogens is 2. The van der Waals surface area contributed by atoms with Gasteiger partial charge >= 0.3 is 0 Å². The molecule has 0 saturated carbocycles. The van der Waals surface area contributed by atoms with E-state index in [0.717, 1.165) is 17.3 Å². The third kappa shape index (κ3) is 2.40. The summed E-state index contributed by atoms with van der Waals surface area (Å²) in [5, 5.41) is 0.941. The summed E-state index contributed by atoms with van der Waals surface area (Å²) in [4.78, 5) is 0. The fourth-order valence-electron chi connectivity index (χ4n) is 1.06. The maximum atomic E-state index is 5.82. The van der Waals surface area contributed by atoms with E-state index in [1.54, 1.807) is 12.1 Å². The van der Waals surface area contributed by atoms with Crippen LogP contribution in [0.25, 0.3) is 0 Å². The molecule has 2 aromatic rings. The largest absolute Gasteiger partial charge is 0.435 e. The molecule has 0 bridgehead atoms. The van der Waals surface area contributed by atoms with Gasteiger partial charge in [0, 0.05) is 5.02 Å². The first-order valence-corrected chi connectivity index (χ1v) is 5.57. The molecule has 0 N–H and O–H groups in total. The Hall–Kier alpha value is -0.840. The summed E-state index contributed by atoms with van der Waals surface area (Å²) in [6.45, 7) is 1.90. The summed E-state index contributed by atoms with van der Waals surface area (Å²) < 4.78 is 13.2. The number of benzene rings is 1. The lowest BCUT2D eigenvalue weighted by molar-refractivity contribution is 0.464. The second-order valence-corrected chi connectivity index (χ2v) is 4.19. The van der Waals surface area contributed by atoms with Gasteiger partial charge in [0.05, 0.1) is 11.7 Å². The minimum absolute atomic E-state index is 0.273. The zero-order valence-corrected chi connectivity index (χ0v) is 10.0. The molecule has 0 unspecified atom stereocenters. The molecule has 0 aliphatic carbocycles. The fraction of sp³-hybridized carbons (Fsp3) is 0.111. The van der Waals surface area contributed by atoms with Crippen LogP contribution in [0.4, 0.5) is 0 Å². The van der Waals surface area contributed by atoms with Crippen LogP contribution in [0.2, 0.25) is 10.2 Å². The van der Waals surface area contributed by atoms with Crippen LogP contribution in [0.5, 0.6) is 11.6 Å². The summed E-state index contributed by atoms with van der Waals surface area (Å²) in [5.41, 5.74) is 0.923. The summed E-state index contributed by atoms with van der Waals surface area (Å²) in [7, 11) is 0. The lowest BCUT2D eigenvalue weighted by Crippen LogP contribution is -1.87. The van der Waals surface area contributed by atoms with Crippen molar-refractivity contribution in [3.63, 3.8) is 0 Å². The molecular formula is C9H6Cl2N2OS. The SMILES string of the molecule is Cc1cc(Cl)ccc1Oc1nsnc1Cl. The van der Waals surface area contributed by atoms with E-state index < -0.39 is 0 Å². The molecule has 0 aliphatic heterocycles. The van der Waals surface area contributed by atoms with Gasteiger partial charge in [0.25, 0.3) is 5.88 Å². The molecule has 1 heterocycles. The average Bonchev–Trinajstić information content (AvgIpc) is 2.57. The molecule has 2 rings (SSSR count). The van der Waals surface area contributed by atoms with Crippen molar-refractivity contribution >= 4 is 34.9 Å². The van der Waals surface area contributed by atoms with Crippen LogP contribution in [-0.4, -0.2) is 8.75 Å². The van der Waals surface area contributed by atoms with Gasteiger partial charge in [0.2, 0.25) is 5.15 Å². The van der Waals surface area contributed by atoms with E-state index in [2.05, 4.69) is 8.75 Å². The summed E-state index contributed by atoms with van der Waals surface area (Å²) in [5.74, 6) is 1.00. The van der Waals surface area contributed by atoms with Crippen LogP contribution in [0.15, 0.2) is 18.2 Å². The first-order valence-electron chi connectivity index (χ1n) is 4.09. The van der Waals surface area contributed by atoms with Crippen LogP contribution in [0.1, 0.15) is 5.56 Å². The number of hydrogen-bond acceptors (Lipinski definition) is 4. The predicted octanol–water partition coefficient (Wildman–Crippen LogP) is 3.95. The van der Waals surface area contributed by atoms with Crippen molar-refractivity contribution in [1.29, 1.82) is 0 Å². The van der Waals surface area contributed by atoms with Crippen molar-refractivity contribution in [2.45, 2.75) is 6.92 Å².